The maximum Gasteiger partial charge on any atom is 0.204 e. The van der Waals surface area contributed by atoms with Gasteiger partial charge in [-0.2, -0.15) is 0 Å². The van der Waals surface area contributed by atoms with E-state index in [2.05, 4.69) is 25.8 Å². The number of carbonyl (C=O) groups excluding carboxylic acids is 1. The zero-order chi connectivity index (χ0) is 18.3. The third-order valence-electron chi connectivity index (χ3n) is 4.02. The lowest BCUT2D eigenvalue weighted by atomic mass is 9.83. The summed E-state index contributed by atoms with van der Waals surface area (Å²) in [7, 11) is 0. The maximum atomic E-state index is 12.4. The number of hydrogen-bond acceptors (Lipinski definition) is 4. The van der Waals surface area contributed by atoms with Gasteiger partial charge in [-0.15, -0.1) is 0 Å². The highest BCUT2D eigenvalue weighted by molar-refractivity contribution is 6.49. The Bertz CT molecular complexity index is 770. The molecule has 1 aromatic carbocycles. The second-order valence-corrected chi connectivity index (χ2v) is 8.22. The van der Waals surface area contributed by atoms with Gasteiger partial charge in [0.05, 0.1) is 11.4 Å². The second-order valence-electron chi connectivity index (χ2n) is 8.22. The molecule has 1 aromatic rings. The smallest absolute Gasteiger partial charge is 0.204 e. The lowest BCUT2D eigenvalue weighted by Gasteiger charge is -2.23. The molecule has 0 bridgehead atoms. The molecule has 3 N–H and O–H groups in total. The van der Waals surface area contributed by atoms with E-state index in [4.69, 9.17) is 5.73 Å². The Labute approximate surface area is 143 Å². The van der Waals surface area contributed by atoms with Crippen LogP contribution in [-0.4, -0.2) is 16.6 Å². The molecule has 0 spiro atoms. The number of phenols is 1. The summed E-state index contributed by atoms with van der Waals surface area (Å²) in [6, 6.07) is 3.25. The van der Waals surface area contributed by atoms with Crippen molar-refractivity contribution in [1.82, 2.24) is 0 Å². The Morgan fingerprint density at radius 1 is 1.00 bits per heavy atom. The molecule has 0 heterocycles. The number of carbonyl (C=O) groups is 1. The van der Waals surface area contributed by atoms with E-state index in [1.165, 1.54) is 0 Å². The van der Waals surface area contributed by atoms with Gasteiger partial charge in [0, 0.05) is 0 Å². The van der Waals surface area contributed by atoms with Crippen molar-refractivity contribution in [3.8, 4) is 5.75 Å². The number of allylic oxidation sites excluding steroid dienone is 4. The number of benzene rings is 1. The standard InChI is InChI=1S/C20H26N2O2/c1-19(2,3)12-7-8-15(18(24)9-12)22-16-11-14(21)17(23)10-13(16)20(4,5)6/h7-11,23H,21H2,1-6H3. The average Bonchev–Trinajstić information content (AvgIpc) is 2.42. The van der Waals surface area contributed by atoms with Gasteiger partial charge in [0.2, 0.25) is 5.78 Å². The predicted octanol–water partition coefficient (Wildman–Crippen LogP) is 4.46. The molecule has 0 amide bonds. The Balaban J connectivity index is 2.51. The van der Waals surface area contributed by atoms with Gasteiger partial charge < -0.3 is 10.8 Å². The van der Waals surface area contributed by atoms with E-state index in [-0.39, 0.29) is 28.1 Å². The van der Waals surface area contributed by atoms with Crippen LogP contribution in [0.25, 0.3) is 0 Å². The normalized spacial score (nSPS) is 17.3. The molecule has 128 valence electrons. The van der Waals surface area contributed by atoms with E-state index in [0.29, 0.717) is 11.4 Å². The van der Waals surface area contributed by atoms with Gasteiger partial charge in [-0.25, -0.2) is 4.99 Å². The van der Waals surface area contributed by atoms with Crippen LogP contribution >= 0.6 is 0 Å². The first-order valence-corrected chi connectivity index (χ1v) is 8.06. The summed E-state index contributed by atoms with van der Waals surface area (Å²) in [6.45, 7) is 12.3. The van der Waals surface area contributed by atoms with Crippen molar-refractivity contribution in [3.05, 3.63) is 41.5 Å². The highest BCUT2D eigenvalue weighted by Gasteiger charge is 2.23. The number of aromatic hydroxyl groups is 1. The fraction of sp³-hybridized carbons (Fsp3) is 0.400. The van der Waals surface area contributed by atoms with Crippen LogP contribution < -0.4 is 5.73 Å². The minimum absolute atomic E-state index is 0.0318. The van der Waals surface area contributed by atoms with E-state index in [1.54, 1.807) is 24.3 Å². The second kappa shape index (κ2) is 5.93. The summed E-state index contributed by atoms with van der Waals surface area (Å²) >= 11 is 0. The molecule has 0 saturated heterocycles. The topological polar surface area (TPSA) is 75.7 Å². The number of phenolic OH excluding ortho intramolecular Hbond substituents is 1. The van der Waals surface area contributed by atoms with Crippen LogP contribution in [0.3, 0.4) is 0 Å². The van der Waals surface area contributed by atoms with E-state index in [9.17, 15) is 9.90 Å². The number of nitrogen functional groups attached to an aromatic ring is 1. The first-order chi connectivity index (χ1) is 10.9. The summed E-state index contributed by atoms with van der Waals surface area (Å²) in [4.78, 5) is 17.0. The molecule has 0 aromatic heterocycles. The molecule has 1 aliphatic rings. The summed E-state index contributed by atoms with van der Waals surface area (Å²) in [6.07, 6.45) is 5.32. The predicted molar refractivity (Wildman–Crippen MR) is 100.0 cm³/mol. The van der Waals surface area contributed by atoms with E-state index < -0.39 is 0 Å². The van der Waals surface area contributed by atoms with Crippen molar-refractivity contribution >= 4 is 22.9 Å². The van der Waals surface area contributed by atoms with Gasteiger partial charge >= 0.3 is 0 Å². The molecule has 0 aliphatic heterocycles. The van der Waals surface area contributed by atoms with Crippen molar-refractivity contribution in [2.45, 2.75) is 47.0 Å². The first kappa shape index (κ1) is 18.0. The highest BCUT2D eigenvalue weighted by atomic mass is 16.3. The van der Waals surface area contributed by atoms with Crippen LogP contribution in [0.2, 0.25) is 0 Å². The Hall–Kier alpha value is -2.36. The van der Waals surface area contributed by atoms with Crippen LogP contribution in [0, 0.1) is 5.41 Å². The van der Waals surface area contributed by atoms with Crippen molar-refractivity contribution in [2.75, 3.05) is 5.73 Å². The van der Waals surface area contributed by atoms with Gasteiger partial charge in [-0.3, -0.25) is 4.79 Å². The lowest BCUT2D eigenvalue weighted by Crippen LogP contribution is -2.18. The minimum Gasteiger partial charge on any atom is -0.506 e. The molecule has 0 fully saturated rings. The van der Waals surface area contributed by atoms with Crippen LogP contribution in [0.4, 0.5) is 11.4 Å². The van der Waals surface area contributed by atoms with Crippen molar-refractivity contribution in [2.24, 2.45) is 10.4 Å². The van der Waals surface area contributed by atoms with E-state index in [0.717, 1.165) is 11.1 Å². The summed E-state index contributed by atoms with van der Waals surface area (Å²) in [5, 5.41) is 9.91. The zero-order valence-electron chi connectivity index (χ0n) is 15.3. The molecular formula is C20H26N2O2. The van der Waals surface area contributed by atoms with E-state index in [1.807, 2.05) is 26.8 Å². The van der Waals surface area contributed by atoms with Crippen LogP contribution in [0.15, 0.2) is 40.9 Å². The molecule has 1 aliphatic carbocycles. The molecule has 2 rings (SSSR count). The van der Waals surface area contributed by atoms with Crippen molar-refractivity contribution in [3.63, 3.8) is 0 Å². The van der Waals surface area contributed by atoms with Crippen molar-refractivity contribution < 1.29 is 9.90 Å². The summed E-state index contributed by atoms with van der Waals surface area (Å²) < 4.78 is 0. The fourth-order valence-corrected chi connectivity index (χ4v) is 2.49. The number of rotatable bonds is 1. The van der Waals surface area contributed by atoms with Gasteiger partial charge in [0.25, 0.3) is 0 Å². The third-order valence-corrected chi connectivity index (χ3v) is 4.02. The van der Waals surface area contributed by atoms with Gasteiger partial charge in [0.1, 0.15) is 11.5 Å². The number of anilines is 1. The molecule has 0 unspecified atom stereocenters. The van der Waals surface area contributed by atoms with Crippen LogP contribution in [0.5, 0.6) is 5.75 Å². The lowest BCUT2D eigenvalue weighted by molar-refractivity contribution is -0.108. The SMILES string of the molecule is CC(C)(C)C1=CC(=O)C(=Nc2cc(N)c(O)cc2C(C)(C)C)C=C1. The Kier molecular flexibility index (Phi) is 4.44. The number of nitrogens with zero attached hydrogens (tertiary/aromatic N) is 1. The quantitative estimate of drug-likeness (QED) is 0.454. The zero-order valence-corrected chi connectivity index (χ0v) is 15.3. The molecule has 0 saturated carbocycles. The minimum atomic E-state index is -0.238. The molecule has 4 nitrogen and oxygen atoms in total. The molecule has 24 heavy (non-hydrogen) atoms. The maximum absolute atomic E-state index is 12.4. The summed E-state index contributed by atoms with van der Waals surface area (Å²) in [5.41, 5.74) is 8.55. The van der Waals surface area contributed by atoms with Gasteiger partial charge in [0.15, 0.2) is 0 Å². The highest BCUT2D eigenvalue weighted by Crippen LogP contribution is 2.38. The largest absolute Gasteiger partial charge is 0.506 e. The molecular weight excluding hydrogens is 300 g/mol. The van der Waals surface area contributed by atoms with Crippen LogP contribution in [0.1, 0.15) is 47.1 Å². The third kappa shape index (κ3) is 3.75. The number of aliphatic imine (C=N–C) groups is 1. The van der Waals surface area contributed by atoms with E-state index >= 15 is 0 Å². The molecule has 4 heteroatoms. The first-order valence-electron chi connectivity index (χ1n) is 8.06. The summed E-state index contributed by atoms with van der Waals surface area (Å²) in [5.74, 6) is -0.0850. The Morgan fingerprint density at radius 2 is 1.62 bits per heavy atom. The monoisotopic (exact) mass is 326 g/mol. The molecule has 0 atom stereocenters. The average molecular weight is 326 g/mol. The number of ketones is 1. The van der Waals surface area contributed by atoms with Gasteiger partial charge in [-0.1, -0.05) is 47.6 Å². The fourth-order valence-electron chi connectivity index (χ4n) is 2.49. The van der Waals surface area contributed by atoms with Crippen molar-refractivity contribution in [1.29, 1.82) is 0 Å². The molecule has 0 radical (unpaired) electrons. The van der Waals surface area contributed by atoms with Crippen LogP contribution in [-0.2, 0) is 10.2 Å². The van der Waals surface area contributed by atoms with Gasteiger partial charge in [-0.05, 0) is 46.3 Å². The number of hydrogen-bond donors (Lipinski definition) is 2. The number of nitrogens with two attached hydrogens (primary N) is 1. The Morgan fingerprint density at radius 3 is 2.12 bits per heavy atom.